The Morgan fingerprint density at radius 2 is 1.27 bits per heavy atom. The summed E-state index contributed by atoms with van der Waals surface area (Å²) in [5, 5.41) is 8.13. The van der Waals surface area contributed by atoms with Gasteiger partial charge in [-0.05, 0) is 0 Å². The van der Waals surface area contributed by atoms with E-state index < -0.39 is 0 Å². The van der Waals surface area contributed by atoms with Gasteiger partial charge in [0.2, 0.25) is 0 Å². The van der Waals surface area contributed by atoms with Gasteiger partial charge in [-0.1, -0.05) is 24.3 Å². The topological polar surface area (TPSA) is 28.2 Å². The SMILES string of the molecule is ClC1C=C[N-]C(C2=CC(Cl)C=C[N-]2)=C1.[Fe+2]. The quantitative estimate of drug-likeness (QED) is 0.517. The van der Waals surface area contributed by atoms with E-state index in [2.05, 4.69) is 10.6 Å². The molecule has 0 bridgehead atoms. The molecule has 2 unspecified atom stereocenters. The molecule has 0 saturated heterocycles. The average Bonchev–Trinajstić information content (AvgIpc) is 2.18. The number of hydrogen-bond acceptors (Lipinski definition) is 0. The summed E-state index contributed by atoms with van der Waals surface area (Å²) in [4.78, 5) is 0. The molecule has 0 saturated carbocycles. The van der Waals surface area contributed by atoms with Crippen LogP contribution >= 0.6 is 23.2 Å². The molecule has 0 fully saturated rings. The minimum atomic E-state index is -0.113. The van der Waals surface area contributed by atoms with Gasteiger partial charge in [-0.3, -0.25) is 0 Å². The minimum Gasteiger partial charge on any atom is -0.665 e. The fraction of sp³-hybridized carbons (Fsp3) is 0.200. The normalized spacial score (nSPS) is 28.1. The summed E-state index contributed by atoms with van der Waals surface area (Å²) in [7, 11) is 0. The van der Waals surface area contributed by atoms with Crippen molar-refractivity contribution in [2.45, 2.75) is 10.8 Å². The van der Waals surface area contributed by atoms with Crippen LogP contribution in [0.3, 0.4) is 0 Å². The van der Waals surface area contributed by atoms with E-state index in [1.54, 1.807) is 12.4 Å². The summed E-state index contributed by atoms with van der Waals surface area (Å²) in [6.07, 6.45) is 10.7. The summed E-state index contributed by atoms with van der Waals surface area (Å²) in [6.45, 7) is 0. The van der Waals surface area contributed by atoms with Gasteiger partial charge in [0.05, 0.1) is 10.8 Å². The summed E-state index contributed by atoms with van der Waals surface area (Å²) < 4.78 is 0. The van der Waals surface area contributed by atoms with Crippen LogP contribution < -0.4 is 0 Å². The van der Waals surface area contributed by atoms with Crippen molar-refractivity contribution < 1.29 is 17.1 Å². The second-order valence-corrected chi connectivity index (χ2v) is 3.94. The maximum absolute atomic E-state index is 5.92. The van der Waals surface area contributed by atoms with E-state index in [-0.39, 0.29) is 27.8 Å². The van der Waals surface area contributed by atoms with Crippen molar-refractivity contribution in [3.63, 3.8) is 0 Å². The fourth-order valence-electron chi connectivity index (χ4n) is 1.21. The Balaban J connectivity index is 0.00000112. The summed E-state index contributed by atoms with van der Waals surface area (Å²) in [6, 6.07) is 0. The van der Waals surface area contributed by atoms with Crippen molar-refractivity contribution in [1.29, 1.82) is 0 Å². The molecule has 0 aromatic heterocycles. The Morgan fingerprint density at radius 1 is 0.867 bits per heavy atom. The van der Waals surface area contributed by atoms with Crippen LogP contribution in [0.15, 0.2) is 48.1 Å². The third kappa shape index (κ3) is 3.32. The smallest absolute Gasteiger partial charge is 0.665 e. The van der Waals surface area contributed by atoms with Gasteiger partial charge in [0, 0.05) is 0 Å². The fourth-order valence-corrected chi connectivity index (χ4v) is 1.58. The van der Waals surface area contributed by atoms with Crippen molar-refractivity contribution in [3.05, 3.63) is 58.7 Å². The third-order valence-corrected chi connectivity index (χ3v) is 2.41. The first-order valence-corrected chi connectivity index (χ1v) is 5.10. The van der Waals surface area contributed by atoms with E-state index in [4.69, 9.17) is 23.2 Å². The molecule has 0 aliphatic carbocycles. The third-order valence-electron chi connectivity index (χ3n) is 1.86. The zero-order valence-corrected chi connectivity index (χ0v) is 10.2. The van der Waals surface area contributed by atoms with E-state index in [1.165, 1.54) is 0 Å². The van der Waals surface area contributed by atoms with Crippen LogP contribution in [0, 0.1) is 0 Å². The van der Waals surface area contributed by atoms with Gasteiger partial charge in [-0.15, -0.1) is 23.2 Å². The molecule has 5 heteroatoms. The van der Waals surface area contributed by atoms with Gasteiger partial charge in [-0.25, -0.2) is 0 Å². The molecule has 2 atom stereocenters. The molecule has 15 heavy (non-hydrogen) atoms. The molecule has 0 amide bonds. The minimum absolute atomic E-state index is 0. The Kier molecular flexibility index (Phi) is 4.81. The van der Waals surface area contributed by atoms with Crippen LogP contribution in [0.2, 0.25) is 0 Å². The molecule has 2 aliphatic heterocycles. The van der Waals surface area contributed by atoms with Gasteiger partial charge >= 0.3 is 17.1 Å². The van der Waals surface area contributed by atoms with Crippen LogP contribution in [0.25, 0.3) is 10.6 Å². The molecular weight excluding hydrogens is 275 g/mol. The first-order chi connectivity index (χ1) is 6.75. The van der Waals surface area contributed by atoms with E-state index in [0.717, 1.165) is 11.4 Å². The van der Waals surface area contributed by atoms with Crippen molar-refractivity contribution in [3.8, 4) is 0 Å². The van der Waals surface area contributed by atoms with Gasteiger partial charge in [0.25, 0.3) is 0 Å². The number of alkyl halides is 2. The van der Waals surface area contributed by atoms with E-state index >= 15 is 0 Å². The van der Waals surface area contributed by atoms with Crippen molar-refractivity contribution in [2.75, 3.05) is 0 Å². The van der Waals surface area contributed by atoms with Gasteiger partial charge < -0.3 is 10.6 Å². The summed E-state index contributed by atoms with van der Waals surface area (Å²) >= 11 is 11.8. The molecule has 2 aliphatic rings. The second-order valence-electron chi connectivity index (χ2n) is 2.93. The molecule has 2 rings (SSSR count). The van der Waals surface area contributed by atoms with Crippen LogP contribution in [0.4, 0.5) is 0 Å². The molecule has 2 heterocycles. The van der Waals surface area contributed by atoms with Gasteiger partial charge in [0.1, 0.15) is 0 Å². The zero-order chi connectivity index (χ0) is 9.97. The zero-order valence-electron chi connectivity index (χ0n) is 7.62. The Hall–Kier alpha value is -0.341. The maximum atomic E-state index is 5.92. The van der Waals surface area contributed by atoms with Crippen molar-refractivity contribution in [1.82, 2.24) is 0 Å². The molecule has 0 radical (unpaired) electrons. The predicted molar refractivity (Wildman–Crippen MR) is 60.4 cm³/mol. The Morgan fingerprint density at radius 3 is 1.60 bits per heavy atom. The molecule has 0 aromatic carbocycles. The maximum Gasteiger partial charge on any atom is 2.00 e. The molecule has 0 N–H and O–H groups in total. The molecule has 0 aromatic rings. The number of nitrogens with zero attached hydrogens (tertiary/aromatic N) is 2. The molecule has 2 nitrogen and oxygen atoms in total. The number of allylic oxidation sites excluding steroid dienone is 4. The second kappa shape index (κ2) is 5.66. The van der Waals surface area contributed by atoms with Gasteiger partial charge in [0.15, 0.2) is 0 Å². The predicted octanol–water partition coefficient (Wildman–Crippen LogP) is 3.77. The van der Waals surface area contributed by atoms with Crippen LogP contribution in [0.5, 0.6) is 0 Å². The van der Waals surface area contributed by atoms with Crippen LogP contribution in [0.1, 0.15) is 0 Å². The monoisotopic (exact) mass is 282 g/mol. The summed E-state index contributed by atoms with van der Waals surface area (Å²) in [5.41, 5.74) is 1.56. The molecule has 0 spiro atoms. The molecular formula is C10H8Cl2FeN2. The van der Waals surface area contributed by atoms with Crippen molar-refractivity contribution >= 4 is 23.2 Å². The average molecular weight is 283 g/mol. The number of hydrogen-bond donors (Lipinski definition) is 0. The van der Waals surface area contributed by atoms with Crippen LogP contribution in [-0.4, -0.2) is 10.8 Å². The first kappa shape index (κ1) is 12.7. The van der Waals surface area contributed by atoms with Gasteiger partial charge in [-0.2, -0.15) is 23.8 Å². The van der Waals surface area contributed by atoms with Crippen LogP contribution in [-0.2, 0) is 17.1 Å². The first-order valence-electron chi connectivity index (χ1n) is 4.23. The van der Waals surface area contributed by atoms with E-state index in [0.29, 0.717) is 0 Å². The van der Waals surface area contributed by atoms with E-state index in [1.807, 2.05) is 24.3 Å². The Bertz CT molecular complexity index is 313. The largest absolute Gasteiger partial charge is 2.00 e. The Labute approximate surface area is 110 Å². The summed E-state index contributed by atoms with van der Waals surface area (Å²) in [5.74, 6) is 0. The van der Waals surface area contributed by atoms with Crippen molar-refractivity contribution in [2.24, 2.45) is 0 Å². The van der Waals surface area contributed by atoms with E-state index in [9.17, 15) is 0 Å². The molecule has 80 valence electrons. The number of rotatable bonds is 1. The standard InChI is InChI=1S/C10H8Cl2N2.Fe/c11-7-1-3-13-9(5-7)10-6-8(12)2-4-14-10;/h1-8H;/q-2;+2. The number of halogens is 2.